The lowest BCUT2D eigenvalue weighted by Crippen LogP contribution is -2.47. The summed E-state index contributed by atoms with van der Waals surface area (Å²) in [5, 5.41) is 5.03. The number of hydrogen-bond donors (Lipinski definition) is 2. The third-order valence-corrected chi connectivity index (χ3v) is 3.13. The second-order valence-electron chi connectivity index (χ2n) is 8.02. The van der Waals surface area contributed by atoms with Crippen LogP contribution in [0, 0.1) is 0 Å². The first-order valence-corrected chi connectivity index (χ1v) is 8.52. The van der Waals surface area contributed by atoms with E-state index in [1.54, 1.807) is 41.5 Å². The van der Waals surface area contributed by atoms with Gasteiger partial charge in [0, 0.05) is 0 Å². The summed E-state index contributed by atoms with van der Waals surface area (Å²) in [7, 11) is 0. The number of nitrogens with zero attached hydrogens (tertiary/aromatic N) is 1. The van der Waals surface area contributed by atoms with Crippen LogP contribution in [-0.2, 0) is 9.47 Å². The third-order valence-electron chi connectivity index (χ3n) is 3.13. The Bertz CT molecular complexity index is 437. The van der Waals surface area contributed by atoms with Gasteiger partial charge in [-0.25, -0.2) is 14.6 Å². The number of ether oxygens (including phenoxy) is 2. The maximum atomic E-state index is 12.0. The maximum Gasteiger partial charge on any atom is 0.414 e. The quantitative estimate of drug-likeness (QED) is 0.562. The number of alkyl carbamates (subject to hydrolysis) is 2. The lowest BCUT2D eigenvalue weighted by molar-refractivity contribution is 0.0544. The Labute approximate surface area is 144 Å². The fourth-order valence-electron chi connectivity index (χ4n) is 2.29. The third kappa shape index (κ3) is 9.37. The lowest BCUT2D eigenvalue weighted by atomic mass is 9.96. The van der Waals surface area contributed by atoms with Gasteiger partial charge in [0.25, 0.3) is 0 Å². The average Bonchev–Trinajstić information content (AvgIpc) is 2.34. The summed E-state index contributed by atoms with van der Waals surface area (Å²) in [6.45, 7) is 10.6. The molecule has 1 rings (SSSR count). The van der Waals surface area contributed by atoms with Crippen molar-refractivity contribution in [1.29, 1.82) is 0 Å². The van der Waals surface area contributed by atoms with Crippen molar-refractivity contribution in [1.82, 2.24) is 10.6 Å². The molecule has 1 fully saturated rings. The molecule has 24 heavy (non-hydrogen) atoms. The molecule has 7 nitrogen and oxygen atoms in total. The molecule has 1 aliphatic rings. The lowest BCUT2D eigenvalue weighted by Gasteiger charge is -2.23. The Morgan fingerprint density at radius 2 is 1.25 bits per heavy atom. The molecule has 0 unspecified atom stereocenters. The molecule has 1 aliphatic carbocycles. The van der Waals surface area contributed by atoms with Gasteiger partial charge in [0.2, 0.25) is 5.96 Å². The second kappa shape index (κ2) is 8.35. The molecule has 7 heteroatoms. The van der Waals surface area contributed by atoms with Crippen molar-refractivity contribution in [3.05, 3.63) is 0 Å². The van der Waals surface area contributed by atoms with Gasteiger partial charge in [0.1, 0.15) is 11.2 Å². The van der Waals surface area contributed by atoms with Crippen LogP contribution in [0.25, 0.3) is 0 Å². The smallest absolute Gasteiger partial charge is 0.414 e. The molecule has 0 bridgehead atoms. The molecule has 0 atom stereocenters. The number of carbonyl (C=O) groups excluding carboxylic acids is 2. The molecule has 2 N–H and O–H groups in total. The summed E-state index contributed by atoms with van der Waals surface area (Å²) in [5.41, 5.74) is -1.27. The molecular formula is C17H31N3O4. The van der Waals surface area contributed by atoms with E-state index in [9.17, 15) is 9.59 Å². The topological polar surface area (TPSA) is 89.0 Å². The molecule has 0 spiro atoms. The molecule has 0 aromatic heterocycles. The highest BCUT2D eigenvalue weighted by Crippen LogP contribution is 2.20. The van der Waals surface area contributed by atoms with Crippen LogP contribution in [0.15, 0.2) is 4.99 Å². The zero-order valence-electron chi connectivity index (χ0n) is 15.7. The Morgan fingerprint density at radius 3 is 1.62 bits per heavy atom. The summed E-state index contributed by atoms with van der Waals surface area (Å²) in [6, 6.07) is 0.0821. The first kappa shape index (κ1) is 20.3. The Kier molecular flexibility index (Phi) is 7.05. The van der Waals surface area contributed by atoms with Crippen LogP contribution in [0.5, 0.6) is 0 Å². The van der Waals surface area contributed by atoms with E-state index in [4.69, 9.17) is 9.47 Å². The predicted molar refractivity (Wildman–Crippen MR) is 93.0 cm³/mol. The molecule has 0 saturated heterocycles. The van der Waals surface area contributed by atoms with Crippen LogP contribution < -0.4 is 10.6 Å². The predicted octanol–water partition coefficient (Wildman–Crippen LogP) is 3.72. The number of nitrogens with one attached hydrogen (secondary N) is 2. The highest BCUT2D eigenvalue weighted by molar-refractivity contribution is 6.01. The van der Waals surface area contributed by atoms with Gasteiger partial charge in [0.05, 0.1) is 6.04 Å². The molecule has 2 amide bonds. The van der Waals surface area contributed by atoms with Gasteiger partial charge < -0.3 is 9.47 Å². The van der Waals surface area contributed by atoms with Crippen LogP contribution in [0.2, 0.25) is 0 Å². The van der Waals surface area contributed by atoms with Crippen molar-refractivity contribution in [3.63, 3.8) is 0 Å². The van der Waals surface area contributed by atoms with Crippen molar-refractivity contribution in [2.75, 3.05) is 0 Å². The number of aliphatic imine (C=N–C) groups is 1. The number of rotatable bonds is 1. The fourth-order valence-corrected chi connectivity index (χ4v) is 2.29. The van der Waals surface area contributed by atoms with Gasteiger partial charge in [-0.2, -0.15) is 0 Å². The Balaban J connectivity index is 2.76. The summed E-state index contributed by atoms with van der Waals surface area (Å²) in [5.74, 6) is 0.0744. The number of amides is 2. The first-order valence-electron chi connectivity index (χ1n) is 8.52. The fraction of sp³-hybridized carbons (Fsp3) is 0.824. The summed E-state index contributed by atoms with van der Waals surface area (Å²) >= 11 is 0. The zero-order chi connectivity index (χ0) is 18.4. The minimum atomic E-state index is -0.659. The van der Waals surface area contributed by atoms with Crippen LogP contribution in [0.3, 0.4) is 0 Å². The summed E-state index contributed by atoms with van der Waals surface area (Å²) in [6.07, 6.45) is 3.95. The normalized spacial score (nSPS) is 16.1. The van der Waals surface area contributed by atoms with Gasteiger partial charge >= 0.3 is 12.2 Å². The van der Waals surface area contributed by atoms with Crippen LogP contribution >= 0.6 is 0 Å². The van der Waals surface area contributed by atoms with E-state index in [0.29, 0.717) is 0 Å². The second-order valence-corrected chi connectivity index (χ2v) is 8.02. The van der Waals surface area contributed by atoms with Crippen LogP contribution in [0.1, 0.15) is 73.6 Å². The molecular weight excluding hydrogens is 310 g/mol. The summed E-state index contributed by atoms with van der Waals surface area (Å²) in [4.78, 5) is 28.4. The number of carbonyl (C=O) groups is 2. The Hall–Kier alpha value is -1.79. The average molecular weight is 341 g/mol. The van der Waals surface area contributed by atoms with Gasteiger partial charge in [-0.3, -0.25) is 10.6 Å². The zero-order valence-corrected chi connectivity index (χ0v) is 15.7. The van der Waals surface area contributed by atoms with Gasteiger partial charge in [0.15, 0.2) is 0 Å². The van der Waals surface area contributed by atoms with Crippen LogP contribution in [-0.4, -0.2) is 35.4 Å². The van der Waals surface area contributed by atoms with E-state index >= 15 is 0 Å². The standard InChI is InChI=1S/C17H31N3O4/c1-16(2,3)23-14(21)19-13(18-12-10-8-7-9-11-12)20-15(22)24-17(4,5)6/h12H,7-11H2,1-6H3,(H2,18,19,20,21,22). The molecule has 138 valence electrons. The SMILES string of the molecule is CC(C)(C)OC(=O)NC(=NC1CCCCC1)NC(=O)OC(C)(C)C. The minimum Gasteiger partial charge on any atom is -0.444 e. The van der Waals surface area contributed by atoms with E-state index in [-0.39, 0.29) is 12.0 Å². The number of hydrogen-bond acceptors (Lipinski definition) is 5. The van der Waals surface area contributed by atoms with Crippen molar-refractivity contribution >= 4 is 18.1 Å². The molecule has 0 aliphatic heterocycles. The van der Waals surface area contributed by atoms with E-state index in [2.05, 4.69) is 15.6 Å². The van der Waals surface area contributed by atoms with Crippen molar-refractivity contribution in [2.45, 2.75) is 90.9 Å². The van der Waals surface area contributed by atoms with E-state index in [1.807, 2.05) is 0 Å². The highest BCUT2D eigenvalue weighted by atomic mass is 16.6. The minimum absolute atomic E-state index is 0.0744. The monoisotopic (exact) mass is 341 g/mol. The van der Waals surface area contributed by atoms with Crippen molar-refractivity contribution in [3.8, 4) is 0 Å². The molecule has 0 aromatic rings. The Morgan fingerprint density at radius 1 is 0.833 bits per heavy atom. The largest absolute Gasteiger partial charge is 0.444 e. The summed E-state index contributed by atoms with van der Waals surface area (Å²) < 4.78 is 10.4. The molecule has 0 radical (unpaired) electrons. The first-order chi connectivity index (χ1) is 10.9. The maximum absolute atomic E-state index is 12.0. The van der Waals surface area contributed by atoms with Crippen molar-refractivity contribution in [2.24, 2.45) is 4.99 Å². The van der Waals surface area contributed by atoms with E-state index in [1.165, 1.54) is 6.42 Å². The van der Waals surface area contributed by atoms with Gasteiger partial charge in [-0.1, -0.05) is 19.3 Å². The van der Waals surface area contributed by atoms with Gasteiger partial charge in [-0.05, 0) is 54.4 Å². The van der Waals surface area contributed by atoms with Crippen molar-refractivity contribution < 1.29 is 19.1 Å². The highest BCUT2D eigenvalue weighted by Gasteiger charge is 2.22. The van der Waals surface area contributed by atoms with Crippen LogP contribution in [0.4, 0.5) is 9.59 Å². The molecule has 0 heterocycles. The van der Waals surface area contributed by atoms with E-state index in [0.717, 1.165) is 25.7 Å². The number of guanidine groups is 1. The molecule has 0 aromatic carbocycles. The molecule has 1 saturated carbocycles. The van der Waals surface area contributed by atoms with Gasteiger partial charge in [-0.15, -0.1) is 0 Å². The van der Waals surface area contributed by atoms with E-state index < -0.39 is 23.4 Å².